The van der Waals surface area contributed by atoms with Crippen LogP contribution in [0.2, 0.25) is 0 Å². The van der Waals surface area contributed by atoms with E-state index in [0.29, 0.717) is 19.5 Å². The van der Waals surface area contributed by atoms with E-state index in [1.807, 2.05) is 41.3 Å². The van der Waals surface area contributed by atoms with E-state index in [1.54, 1.807) is 12.3 Å². The Hall–Kier alpha value is -3.45. The molecule has 1 N–H and O–H groups in total. The minimum absolute atomic E-state index is 0.0948. The Morgan fingerprint density at radius 2 is 1.84 bits per heavy atom. The van der Waals surface area contributed by atoms with E-state index in [2.05, 4.69) is 40.9 Å². The molecule has 0 saturated heterocycles. The van der Waals surface area contributed by atoms with Gasteiger partial charge in [-0.1, -0.05) is 60.2 Å². The van der Waals surface area contributed by atoms with E-state index in [-0.39, 0.29) is 12.5 Å². The van der Waals surface area contributed by atoms with Gasteiger partial charge in [-0.25, -0.2) is 4.98 Å². The molecule has 0 bridgehead atoms. The van der Waals surface area contributed by atoms with Crippen molar-refractivity contribution in [2.75, 3.05) is 11.4 Å². The largest absolute Gasteiger partial charge is 0.467 e. The zero-order valence-corrected chi connectivity index (χ0v) is 18.1. The molecule has 1 amide bonds. The van der Waals surface area contributed by atoms with Crippen molar-refractivity contribution in [2.24, 2.45) is 0 Å². The molecule has 4 rings (SSSR count). The lowest BCUT2D eigenvalue weighted by Gasteiger charge is -2.21. The Morgan fingerprint density at radius 1 is 1.03 bits per heavy atom. The van der Waals surface area contributed by atoms with Crippen LogP contribution in [0.5, 0.6) is 0 Å². The molecule has 0 radical (unpaired) electrons. The van der Waals surface area contributed by atoms with Gasteiger partial charge in [0.15, 0.2) is 0 Å². The molecule has 2 aromatic carbocycles. The molecule has 2 aromatic heterocycles. The first kappa shape index (κ1) is 20.8. The van der Waals surface area contributed by atoms with Crippen molar-refractivity contribution in [3.05, 3.63) is 101 Å². The summed E-state index contributed by atoms with van der Waals surface area (Å²) in [4.78, 5) is 19.3. The van der Waals surface area contributed by atoms with E-state index in [4.69, 9.17) is 9.40 Å². The zero-order chi connectivity index (χ0) is 21.5. The number of aromatic nitrogens is 2. The van der Waals surface area contributed by atoms with E-state index >= 15 is 0 Å². The number of carbonyl (C=O) groups excluding carboxylic acids is 1. The molecule has 0 saturated carbocycles. The molecule has 0 atom stereocenters. The van der Waals surface area contributed by atoms with Crippen molar-refractivity contribution in [3.8, 4) is 0 Å². The number of benzene rings is 2. The van der Waals surface area contributed by atoms with Crippen molar-refractivity contribution < 1.29 is 9.21 Å². The summed E-state index contributed by atoms with van der Waals surface area (Å²) in [5, 5.41) is 3.64. The maximum absolute atomic E-state index is 12.6. The number of hydrogen-bond acceptors (Lipinski definition) is 6. The molecule has 0 aliphatic rings. The summed E-state index contributed by atoms with van der Waals surface area (Å²) in [6, 6.07) is 22.1. The number of nitrogens with one attached hydrogen (secondary N) is 1. The summed E-state index contributed by atoms with van der Waals surface area (Å²) >= 11 is 1.32. The third-order valence-corrected chi connectivity index (χ3v) is 5.62. The molecule has 158 valence electrons. The Bertz CT molecular complexity index is 1090. The fourth-order valence-corrected chi connectivity index (χ4v) is 3.84. The molecule has 6 nitrogen and oxygen atoms in total. The van der Waals surface area contributed by atoms with Crippen molar-refractivity contribution in [3.63, 3.8) is 0 Å². The predicted octanol–water partition coefficient (Wildman–Crippen LogP) is 4.35. The Morgan fingerprint density at radius 3 is 2.58 bits per heavy atom. The number of furan rings is 1. The first-order chi connectivity index (χ1) is 15.2. The zero-order valence-electron chi connectivity index (χ0n) is 17.3. The second-order valence-electron chi connectivity index (χ2n) is 7.35. The summed E-state index contributed by atoms with van der Waals surface area (Å²) in [5.41, 5.74) is 3.50. The minimum atomic E-state index is -0.0948. The van der Waals surface area contributed by atoms with E-state index in [0.717, 1.165) is 22.3 Å². The highest BCUT2D eigenvalue weighted by atomic mass is 32.1. The smallest absolute Gasteiger partial charge is 0.239 e. The number of amides is 1. The van der Waals surface area contributed by atoms with Gasteiger partial charge in [-0.2, -0.15) is 4.37 Å². The van der Waals surface area contributed by atoms with Gasteiger partial charge in [-0.3, -0.25) is 4.79 Å². The molecular formula is C24H24N4O2S. The first-order valence-electron chi connectivity index (χ1n) is 10.1. The normalized spacial score (nSPS) is 10.7. The average molecular weight is 433 g/mol. The molecule has 7 heteroatoms. The highest BCUT2D eigenvalue weighted by Gasteiger charge is 2.17. The van der Waals surface area contributed by atoms with Gasteiger partial charge >= 0.3 is 0 Å². The summed E-state index contributed by atoms with van der Waals surface area (Å²) in [5.74, 6) is 1.39. The number of hydrogen-bond donors (Lipinski definition) is 1. The number of carbonyl (C=O) groups is 1. The molecule has 4 aromatic rings. The summed E-state index contributed by atoms with van der Waals surface area (Å²) in [6.07, 6.45) is 2.26. The molecule has 0 spiro atoms. The van der Waals surface area contributed by atoms with Crippen LogP contribution >= 0.6 is 11.5 Å². The third-order valence-electron chi connectivity index (χ3n) is 4.80. The van der Waals surface area contributed by atoms with Crippen LogP contribution in [-0.2, 0) is 24.3 Å². The number of nitrogens with zero attached hydrogens (tertiary/aromatic N) is 3. The lowest BCUT2D eigenvalue weighted by molar-refractivity contribution is -0.120. The van der Waals surface area contributed by atoms with Crippen LogP contribution < -0.4 is 10.2 Å². The van der Waals surface area contributed by atoms with Gasteiger partial charge in [0, 0.05) is 24.5 Å². The maximum atomic E-state index is 12.6. The Balaban J connectivity index is 1.46. The van der Waals surface area contributed by atoms with Gasteiger partial charge in [-0.05, 0) is 30.2 Å². The number of aryl methyl sites for hydroxylation is 1. The van der Waals surface area contributed by atoms with Gasteiger partial charge in [0.1, 0.15) is 11.6 Å². The van der Waals surface area contributed by atoms with E-state index in [9.17, 15) is 4.79 Å². The van der Waals surface area contributed by atoms with Crippen LogP contribution in [0.3, 0.4) is 0 Å². The Kier molecular flexibility index (Phi) is 6.74. The molecule has 0 aliphatic carbocycles. The van der Waals surface area contributed by atoms with Gasteiger partial charge in [0.05, 0.1) is 19.4 Å². The van der Waals surface area contributed by atoms with Crippen LogP contribution in [0, 0.1) is 6.92 Å². The second-order valence-corrected chi connectivity index (χ2v) is 8.08. The summed E-state index contributed by atoms with van der Waals surface area (Å²) in [6.45, 7) is 3.20. The predicted molar refractivity (Wildman–Crippen MR) is 122 cm³/mol. The monoisotopic (exact) mass is 432 g/mol. The van der Waals surface area contributed by atoms with Crippen LogP contribution in [0.15, 0.2) is 77.4 Å². The standard InChI is InChI=1S/C24H24N4O2S/c1-18-9-11-19(12-10-18)14-22-26-24(31-27-22)28(16-20-6-3-2-4-7-20)17-23(29)25-15-21-8-5-13-30-21/h2-13H,14-17H2,1H3,(H,25,29). The lowest BCUT2D eigenvalue weighted by atomic mass is 10.1. The van der Waals surface area contributed by atoms with Gasteiger partial charge < -0.3 is 14.6 Å². The van der Waals surface area contributed by atoms with E-state index < -0.39 is 0 Å². The molecule has 0 aliphatic heterocycles. The fraction of sp³-hybridized carbons (Fsp3) is 0.208. The minimum Gasteiger partial charge on any atom is -0.467 e. The average Bonchev–Trinajstić information content (AvgIpc) is 3.46. The fourth-order valence-electron chi connectivity index (χ4n) is 3.16. The van der Waals surface area contributed by atoms with Gasteiger partial charge in [0.25, 0.3) is 0 Å². The molecule has 31 heavy (non-hydrogen) atoms. The molecule has 0 fully saturated rings. The van der Waals surface area contributed by atoms with Crippen molar-refractivity contribution in [1.29, 1.82) is 0 Å². The van der Waals surface area contributed by atoms with Crippen LogP contribution in [0.1, 0.15) is 28.3 Å². The quantitative estimate of drug-likeness (QED) is 0.426. The highest BCUT2D eigenvalue weighted by Crippen LogP contribution is 2.21. The van der Waals surface area contributed by atoms with Gasteiger partial charge in [0.2, 0.25) is 11.0 Å². The van der Waals surface area contributed by atoms with Crippen LogP contribution in [0.25, 0.3) is 0 Å². The lowest BCUT2D eigenvalue weighted by Crippen LogP contribution is -2.36. The SMILES string of the molecule is Cc1ccc(Cc2nsc(N(CC(=O)NCc3ccco3)Cc3ccccc3)n2)cc1. The van der Waals surface area contributed by atoms with Crippen LogP contribution in [0.4, 0.5) is 5.13 Å². The summed E-state index contributed by atoms with van der Waals surface area (Å²) in [7, 11) is 0. The molecule has 0 unspecified atom stereocenters. The van der Waals surface area contributed by atoms with Crippen molar-refractivity contribution >= 4 is 22.6 Å². The second kappa shape index (κ2) is 10.0. The van der Waals surface area contributed by atoms with E-state index in [1.165, 1.54) is 22.7 Å². The summed E-state index contributed by atoms with van der Waals surface area (Å²) < 4.78 is 9.82. The molecular weight excluding hydrogens is 408 g/mol. The number of rotatable bonds is 9. The maximum Gasteiger partial charge on any atom is 0.239 e. The van der Waals surface area contributed by atoms with Crippen molar-refractivity contribution in [1.82, 2.24) is 14.7 Å². The van der Waals surface area contributed by atoms with Gasteiger partial charge in [-0.15, -0.1) is 0 Å². The Labute approximate surface area is 185 Å². The number of anilines is 1. The first-order valence-corrected chi connectivity index (χ1v) is 10.9. The van der Waals surface area contributed by atoms with Crippen LogP contribution in [-0.4, -0.2) is 21.8 Å². The third kappa shape index (κ3) is 6.02. The van der Waals surface area contributed by atoms with Crippen molar-refractivity contribution in [2.45, 2.75) is 26.4 Å². The molecule has 2 heterocycles. The topological polar surface area (TPSA) is 71.3 Å². The highest BCUT2D eigenvalue weighted by molar-refractivity contribution is 7.09.